The molecular weight excluding hydrogens is 224 g/mol. The molecule has 2 N–H and O–H groups in total. The van der Waals surface area contributed by atoms with E-state index in [4.69, 9.17) is 0 Å². The predicted molar refractivity (Wildman–Crippen MR) is 75.3 cm³/mol. The van der Waals surface area contributed by atoms with Crippen LogP contribution in [-0.2, 0) is 6.42 Å². The van der Waals surface area contributed by atoms with Gasteiger partial charge in [-0.2, -0.15) is 0 Å². The Kier molecular flexibility index (Phi) is 4.02. The fraction of sp³-hybridized carbons (Fsp3) is 0.533. The minimum absolute atomic E-state index is 0.178. The monoisotopic (exact) mass is 246 g/mol. The summed E-state index contributed by atoms with van der Waals surface area (Å²) in [6, 6.07) is 6.85. The van der Waals surface area contributed by atoms with Crippen molar-refractivity contribution in [3.05, 3.63) is 29.3 Å². The predicted octanol–water partition coefficient (Wildman–Crippen LogP) is 2.61. The zero-order valence-corrected chi connectivity index (χ0v) is 11.4. The Bertz CT molecular complexity index is 442. The molecule has 3 heteroatoms. The van der Waals surface area contributed by atoms with Gasteiger partial charge in [-0.1, -0.05) is 6.92 Å². The van der Waals surface area contributed by atoms with Gasteiger partial charge in [-0.05, 0) is 50.5 Å². The minimum Gasteiger partial charge on any atom is -0.382 e. The molecule has 0 aromatic heterocycles. The van der Waals surface area contributed by atoms with Gasteiger partial charge in [0, 0.05) is 23.3 Å². The Balaban J connectivity index is 2.02. The third-order valence-electron chi connectivity index (χ3n) is 3.58. The number of rotatable bonds is 5. The number of Topliss-reactive ketones (excluding diaryl/α,β-unsaturated/α-hetero) is 1. The van der Waals surface area contributed by atoms with Crippen LogP contribution in [0.3, 0.4) is 0 Å². The maximum Gasteiger partial charge on any atom is 0.176 e. The number of carbonyl (C=O) groups excluding carboxylic acids is 1. The topological polar surface area (TPSA) is 41.1 Å². The van der Waals surface area contributed by atoms with E-state index in [1.807, 2.05) is 18.2 Å². The van der Waals surface area contributed by atoms with E-state index < -0.39 is 0 Å². The van der Waals surface area contributed by atoms with Gasteiger partial charge in [-0.25, -0.2) is 0 Å². The summed E-state index contributed by atoms with van der Waals surface area (Å²) in [4.78, 5) is 12.1. The molecule has 0 saturated carbocycles. The number of nitrogens with one attached hydrogen (secondary N) is 2. The van der Waals surface area contributed by atoms with Crippen molar-refractivity contribution in [2.24, 2.45) is 0 Å². The van der Waals surface area contributed by atoms with E-state index in [0.29, 0.717) is 18.6 Å². The van der Waals surface area contributed by atoms with Crippen LogP contribution in [-0.4, -0.2) is 24.4 Å². The molecule has 0 amide bonds. The zero-order valence-electron chi connectivity index (χ0n) is 11.4. The SMILES string of the molecule is CCC(C)NCC(=O)c1ccc2c(c1)CC(C)N2. The summed E-state index contributed by atoms with van der Waals surface area (Å²) >= 11 is 0. The van der Waals surface area contributed by atoms with Gasteiger partial charge in [0.15, 0.2) is 5.78 Å². The fourth-order valence-corrected chi connectivity index (χ4v) is 2.24. The van der Waals surface area contributed by atoms with Crippen molar-refractivity contribution in [3.8, 4) is 0 Å². The van der Waals surface area contributed by atoms with Gasteiger partial charge in [0.25, 0.3) is 0 Å². The summed E-state index contributed by atoms with van der Waals surface area (Å²) in [5.41, 5.74) is 3.26. The van der Waals surface area contributed by atoms with Crippen molar-refractivity contribution >= 4 is 11.5 Å². The Morgan fingerprint density at radius 3 is 3.06 bits per heavy atom. The van der Waals surface area contributed by atoms with Crippen LogP contribution in [0.4, 0.5) is 5.69 Å². The van der Waals surface area contributed by atoms with Gasteiger partial charge < -0.3 is 10.6 Å². The van der Waals surface area contributed by atoms with E-state index >= 15 is 0 Å². The number of hydrogen-bond donors (Lipinski definition) is 2. The minimum atomic E-state index is 0.178. The van der Waals surface area contributed by atoms with Crippen LogP contribution in [0.1, 0.15) is 43.1 Å². The number of hydrogen-bond acceptors (Lipinski definition) is 3. The molecule has 0 spiro atoms. The molecule has 1 aromatic carbocycles. The summed E-state index contributed by atoms with van der Waals surface area (Å²) < 4.78 is 0. The first-order valence-electron chi connectivity index (χ1n) is 6.76. The van der Waals surface area contributed by atoms with Crippen LogP contribution in [0.25, 0.3) is 0 Å². The van der Waals surface area contributed by atoms with Gasteiger partial charge >= 0.3 is 0 Å². The molecule has 2 unspecified atom stereocenters. The smallest absolute Gasteiger partial charge is 0.176 e. The van der Waals surface area contributed by atoms with E-state index in [0.717, 1.165) is 18.4 Å². The highest BCUT2D eigenvalue weighted by atomic mass is 16.1. The number of carbonyl (C=O) groups is 1. The third kappa shape index (κ3) is 2.91. The third-order valence-corrected chi connectivity index (χ3v) is 3.58. The second-order valence-electron chi connectivity index (χ2n) is 5.23. The van der Waals surface area contributed by atoms with Gasteiger partial charge in [0.1, 0.15) is 0 Å². The molecule has 98 valence electrons. The largest absolute Gasteiger partial charge is 0.382 e. The standard InChI is InChI=1S/C15H22N2O/c1-4-10(2)16-9-15(18)12-5-6-14-13(8-12)7-11(3)17-14/h5-6,8,10-11,16-17H,4,7,9H2,1-3H3. The highest BCUT2D eigenvalue weighted by molar-refractivity contribution is 5.98. The number of ketones is 1. The number of benzene rings is 1. The van der Waals surface area contributed by atoms with E-state index in [2.05, 4.69) is 31.4 Å². The van der Waals surface area contributed by atoms with Crippen molar-refractivity contribution in [2.45, 2.75) is 45.7 Å². The molecule has 2 rings (SSSR count). The maximum atomic E-state index is 12.1. The van der Waals surface area contributed by atoms with E-state index in [-0.39, 0.29) is 5.78 Å². The summed E-state index contributed by atoms with van der Waals surface area (Å²) in [6.45, 7) is 6.80. The molecule has 1 aliphatic rings. The average molecular weight is 246 g/mol. The summed E-state index contributed by atoms with van der Waals surface area (Å²) in [5, 5.41) is 6.64. The molecule has 0 fully saturated rings. The summed E-state index contributed by atoms with van der Waals surface area (Å²) in [6.07, 6.45) is 2.05. The maximum absolute atomic E-state index is 12.1. The molecule has 0 bridgehead atoms. The molecule has 1 heterocycles. The molecule has 3 nitrogen and oxygen atoms in total. The molecule has 18 heavy (non-hydrogen) atoms. The van der Waals surface area contributed by atoms with E-state index in [1.165, 1.54) is 11.3 Å². The second kappa shape index (κ2) is 5.53. The molecule has 1 aromatic rings. The Hall–Kier alpha value is -1.35. The van der Waals surface area contributed by atoms with Crippen LogP contribution < -0.4 is 10.6 Å². The highest BCUT2D eigenvalue weighted by Crippen LogP contribution is 2.26. The number of anilines is 1. The van der Waals surface area contributed by atoms with Crippen molar-refractivity contribution in [3.63, 3.8) is 0 Å². The number of fused-ring (bicyclic) bond motifs is 1. The first kappa shape index (κ1) is 13.1. The van der Waals surface area contributed by atoms with Crippen molar-refractivity contribution in [1.82, 2.24) is 5.32 Å². The molecule has 0 radical (unpaired) electrons. The molecule has 1 aliphatic heterocycles. The Labute approximate surface area is 109 Å². The van der Waals surface area contributed by atoms with Crippen molar-refractivity contribution in [2.75, 3.05) is 11.9 Å². The lowest BCUT2D eigenvalue weighted by atomic mass is 10.0. The first-order valence-corrected chi connectivity index (χ1v) is 6.76. The Morgan fingerprint density at radius 2 is 2.33 bits per heavy atom. The lowest BCUT2D eigenvalue weighted by Gasteiger charge is -2.10. The normalized spacial score (nSPS) is 19.2. The fourth-order valence-electron chi connectivity index (χ4n) is 2.24. The lowest BCUT2D eigenvalue weighted by molar-refractivity contribution is 0.0987. The quantitative estimate of drug-likeness (QED) is 0.785. The first-order chi connectivity index (χ1) is 8.60. The highest BCUT2D eigenvalue weighted by Gasteiger charge is 2.18. The van der Waals surface area contributed by atoms with Gasteiger partial charge in [0.05, 0.1) is 6.54 Å². The van der Waals surface area contributed by atoms with Crippen LogP contribution >= 0.6 is 0 Å². The molecule has 2 atom stereocenters. The lowest BCUT2D eigenvalue weighted by Crippen LogP contribution is -2.30. The van der Waals surface area contributed by atoms with E-state index in [9.17, 15) is 4.79 Å². The van der Waals surface area contributed by atoms with Gasteiger partial charge in [0.2, 0.25) is 0 Å². The molecular formula is C15H22N2O. The summed E-state index contributed by atoms with van der Waals surface area (Å²) in [7, 11) is 0. The van der Waals surface area contributed by atoms with Crippen molar-refractivity contribution < 1.29 is 4.79 Å². The van der Waals surface area contributed by atoms with Crippen molar-refractivity contribution in [1.29, 1.82) is 0 Å². The molecule has 0 aliphatic carbocycles. The summed E-state index contributed by atoms with van der Waals surface area (Å²) in [5.74, 6) is 0.178. The van der Waals surface area contributed by atoms with Gasteiger partial charge in [-0.3, -0.25) is 4.79 Å². The average Bonchev–Trinajstić information content (AvgIpc) is 2.74. The van der Waals surface area contributed by atoms with Crippen LogP contribution in [0, 0.1) is 0 Å². The van der Waals surface area contributed by atoms with Gasteiger partial charge in [-0.15, -0.1) is 0 Å². The van der Waals surface area contributed by atoms with Crippen LogP contribution in [0.2, 0.25) is 0 Å². The molecule has 0 saturated heterocycles. The van der Waals surface area contributed by atoms with Crippen LogP contribution in [0.5, 0.6) is 0 Å². The Morgan fingerprint density at radius 1 is 1.56 bits per heavy atom. The van der Waals surface area contributed by atoms with E-state index in [1.54, 1.807) is 0 Å². The zero-order chi connectivity index (χ0) is 13.1. The van der Waals surface area contributed by atoms with Crippen LogP contribution in [0.15, 0.2) is 18.2 Å². The second-order valence-corrected chi connectivity index (χ2v) is 5.23.